The van der Waals surface area contributed by atoms with Gasteiger partial charge in [-0.25, -0.2) is 9.78 Å². The van der Waals surface area contributed by atoms with Crippen LogP contribution in [0, 0.1) is 0 Å². The summed E-state index contributed by atoms with van der Waals surface area (Å²) in [5, 5.41) is 7.42. The number of carbonyl (C=O) groups is 1. The number of aliphatic carboxylic acids is 1. The second kappa shape index (κ2) is 4.22. The van der Waals surface area contributed by atoms with Crippen molar-refractivity contribution < 1.29 is 9.90 Å². The lowest BCUT2D eigenvalue weighted by Gasteiger charge is -1.83. The zero-order valence-corrected chi connectivity index (χ0v) is 7.70. The van der Waals surface area contributed by atoms with Crippen molar-refractivity contribution in [3.63, 3.8) is 0 Å². The first kappa shape index (κ1) is 10.7. The smallest absolute Gasteiger partial charge is 0.327 e. The summed E-state index contributed by atoms with van der Waals surface area (Å²) in [5.41, 5.74) is -0.445. The summed E-state index contributed by atoms with van der Waals surface area (Å²) >= 11 is 0. The van der Waals surface area contributed by atoms with Gasteiger partial charge >= 0.3 is 5.69 Å². The molecule has 0 aromatic carbocycles. The van der Waals surface area contributed by atoms with Gasteiger partial charge in [-0.2, -0.15) is 0 Å². The molecule has 80 valence electrons. The maximum atomic E-state index is 10.9. The zero-order chi connectivity index (χ0) is 11.4. The highest BCUT2D eigenvalue weighted by atomic mass is 16.4. The Morgan fingerprint density at radius 2 is 2.00 bits per heavy atom. The van der Waals surface area contributed by atoms with Crippen LogP contribution in [0.1, 0.15) is 6.92 Å². The number of carboxylic acid groups (broad SMARTS) is 1. The van der Waals surface area contributed by atoms with E-state index in [1.54, 1.807) is 0 Å². The molecule has 0 aliphatic heterocycles. The van der Waals surface area contributed by atoms with E-state index in [0.717, 1.165) is 6.92 Å². The number of nitrogens with zero attached hydrogens (tertiary/aromatic N) is 1. The summed E-state index contributed by atoms with van der Waals surface area (Å²) in [5.74, 6) is -0.833. The van der Waals surface area contributed by atoms with Crippen LogP contribution in [0.4, 0.5) is 0 Å². The van der Waals surface area contributed by atoms with Crippen LogP contribution in [0.2, 0.25) is 0 Å². The molecule has 0 unspecified atom stereocenters. The standard InChI is InChI=1S/C5H4N4O2.C2H4O2/c10-4-2-3(7-1-6-2)8-5(11)9-4;1-2(3)4/h1H,(H3,6,7,8,9,10,11);1H3,(H,3,4). The SMILES string of the molecule is CC(=O)O.O=c1[nH]c(=O)c2[nH]cnc2[nH]1. The van der Waals surface area contributed by atoms with Crippen molar-refractivity contribution in [2.45, 2.75) is 6.92 Å². The molecule has 0 radical (unpaired) electrons. The molecule has 2 aromatic rings. The van der Waals surface area contributed by atoms with E-state index in [1.165, 1.54) is 6.33 Å². The average molecular weight is 212 g/mol. The fourth-order valence-corrected chi connectivity index (χ4v) is 0.867. The van der Waals surface area contributed by atoms with E-state index < -0.39 is 17.2 Å². The molecule has 0 fully saturated rings. The molecule has 15 heavy (non-hydrogen) atoms. The van der Waals surface area contributed by atoms with Crippen molar-refractivity contribution in [3.8, 4) is 0 Å². The lowest BCUT2D eigenvalue weighted by atomic mass is 10.5. The molecule has 8 nitrogen and oxygen atoms in total. The summed E-state index contributed by atoms with van der Waals surface area (Å²) < 4.78 is 0. The van der Waals surface area contributed by atoms with Gasteiger partial charge < -0.3 is 10.1 Å². The highest BCUT2D eigenvalue weighted by molar-refractivity contribution is 5.67. The largest absolute Gasteiger partial charge is 0.481 e. The fraction of sp³-hybridized carbons (Fsp3) is 0.143. The number of nitrogens with one attached hydrogen (secondary N) is 3. The highest BCUT2D eigenvalue weighted by Crippen LogP contribution is 1.92. The molecule has 0 spiro atoms. The van der Waals surface area contributed by atoms with Crippen molar-refractivity contribution in [1.29, 1.82) is 0 Å². The van der Waals surface area contributed by atoms with Crippen LogP contribution in [-0.4, -0.2) is 31.0 Å². The molecule has 2 heterocycles. The van der Waals surface area contributed by atoms with E-state index in [0.29, 0.717) is 0 Å². The van der Waals surface area contributed by atoms with Gasteiger partial charge in [0.15, 0.2) is 5.65 Å². The van der Waals surface area contributed by atoms with Crippen molar-refractivity contribution in [3.05, 3.63) is 27.2 Å². The van der Waals surface area contributed by atoms with E-state index in [2.05, 4.69) is 19.9 Å². The predicted octanol–water partition coefficient (Wildman–Crippen LogP) is -0.970. The van der Waals surface area contributed by atoms with Crippen LogP contribution in [0.3, 0.4) is 0 Å². The minimum absolute atomic E-state index is 0.277. The number of aromatic nitrogens is 4. The van der Waals surface area contributed by atoms with Gasteiger partial charge in [0.05, 0.1) is 6.33 Å². The predicted molar refractivity (Wildman–Crippen MR) is 50.6 cm³/mol. The molecule has 0 bridgehead atoms. The molecular weight excluding hydrogens is 204 g/mol. The van der Waals surface area contributed by atoms with Gasteiger partial charge in [-0.15, -0.1) is 0 Å². The van der Waals surface area contributed by atoms with Crippen LogP contribution in [0.15, 0.2) is 15.9 Å². The maximum Gasteiger partial charge on any atom is 0.327 e. The maximum absolute atomic E-state index is 10.9. The normalized spacial score (nSPS) is 9.40. The van der Waals surface area contributed by atoms with E-state index in [9.17, 15) is 9.59 Å². The monoisotopic (exact) mass is 212 g/mol. The summed E-state index contributed by atoms with van der Waals surface area (Å²) in [6, 6.07) is 0. The second-order valence-corrected chi connectivity index (χ2v) is 2.55. The lowest BCUT2D eigenvalue weighted by molar-refractivity contribution is -0.134. The molecule has 0 amide bonds. The number of rotatable bonds is 0. The number of imidazole rings is 1. The molecular formula is C7H8N4O4. The molecule has 0 saturated carbocycles. The zero-order valence-electron chi connectivity index (χ0n) is 7.70. The summed E-state index contributed by atoms with van der Waals surface area (Å²) in [4.78, 5) is 41.3. The molecule has 0 saturated heterocycles. The molecule has 0 aliphatic rings. The van der Waals surface area contributed by atoms with Gasteiger partial charge in [0, 0.05) is 6.92 Å². The molecule has 2 rings (SSSR count). The highest BCUT2D eigenvalue weighted by Gasteiger charge is 1.99. The van der Waals surface area contributed by atoms with Gasteiger partial charge in [0.25, 0.3) is 11.5 Å². The minimum Gasteiger partial charge on any atom is -0.481 e. The summed E-state index contributed by atoms with van der Waals surface area (Å²) in [6.45, 7) is 1.08. The number of fused-ring (bicyclic) bond motifs is 1. The van der Waals surface area contributed by atoms with Crippen LogP contribution < -0.4 is 11.2 Å². The van der Waals surface area contributed by atoms with E-state index >= 15 is 0 Å². The number of carboxylic acids is 1. The Balaban J connectivity index is 0.000000245. The lowest BCUT2D eigenvalue weighted by Crippen LogP contribution is -2.21. The first-order chi connectivity index (χ1) is 7.00. The van der Waals surface area contributed by atoms with Crippen molar-refractivity contribution in [2.75, 3.05) is 0 Å². The third-order valence-electron chi connectivity index (χ3n) is 1.33. The molecule has 8 heteroatoms. The quantitative estimate of drug-likeness (QED) is 0.446. The van der Waals surface area contributed by atoms with Gasteiger partial charge in [-0.1, -0.05) is 0 Å². The first-order valence-electron chi connectivity index (χ1n) is 3.86. The Morgan fingerprint density at radius 1 is 1.40 bits per heavy atom. The topological polar surface area (TPSA) is 132 Å². The third-order valence-corrected chi connectivity index (χ3v) is 1.33. The Labute approximate surface area is 82.0 Å². The third kappa shape index (κ3) is 2.79. The van der Waals surface area contributed by atoms with E-state index in [4.69, 9.17) is 9.90 Å². The number of hydrogen-bond acceptors (Lipinski definition) is 4. The Kier molecular flexibility index (Phi) is 3.01. The first-order valence-corrected chi connectivity index (χ1v) is 3.86. The average Bonchev–Trinajstić information content (AvgIpc) is 2.50. The van der Waals surface area contributed by atoms with Crippen molar-refractivity contribution >= 4 is 17.1 Å². The summed E-state index contributed by atoms with van der Waals surface area (Å²) in [7, 11) is 0. The van der Waals surface area contributed by atoms with Gasteiger partial charge in [0.1, 0.15) is 5.52 Å². The van der Waals surface area contributed by atoms with Crippen molar-refractivity contribution in [1.82, 2.24) is 19.9 Å². The van der Waals surface area contributed by atoms with Crippen LogP contribution in [0.5, 0.6) is 0 Å². The number of hydrogen-bond donors (Lipinski definition) is 4. The van der Waals surface area contributed by atoms with Crippen LogP contribution in [0.25, 0.3) is 11.2 Å². The molecule has 0 atom stereocenters. The van der Waals surface area contributed by atoms with Crippen LogP contribution in [-0.2, 0) is 4.79 Å². The van der Waals surface area contributed by atoms with E-state index in [-0.39, 0.29) is 11.2 Å². The molecule has 0 aliphatic carbocycles. The number of aromatic amines is 3. The molecule has 2 aromatic heterocycles. The van der Waals surface area contributed by atoms with Gasteiger partial charge in [-0.05, 0) is 0 Å². The van der Waals surface area contributed by atoms with Gasteiger partial charge in [0.2, 0.25) is 0 Å². The second-order valence-electron chi connectivity index (χ2n) is 2.55. The Bertz CT molecular complexity index is 574. The van der Waals surface area contributed by atoms with E-state index in [1.807, 2.05) is 0 Å². The number of H-pyrrole nitrogens is 3. The van der Waals surface area contributed by atoms with Gasteiger partial charge in [-0.3, -0.25) is 19.6 Å². The fourth-order valence-electron chi connectivity index (χ4n) is 0.867. The summed E-state index contributed by atoms with van der Waals surface area (Å²) in [6.07, 6.45) is 1.34. The van der Waals surface area contributed by atoms with Crippen molar-refractivity contribution in [2.24, 2.45) is 0 Å². The Morgan fingerprint density at radius 3 is 2.60 bits per heavy atom. The Hall–Kier alpha value is -2.38. The minimum atomic E-state index is -0.833. The molecule has 4 N–H and O–H groups in total. The van der Waals surface area contributed by atoms with Crippen LogP contribution >= 0.6 is 0 Å².